The number of aryl methyl sites for hydroxylation is 1. The Morgan fingerprint density at radius 2 is 2.14 bits per heavy atom. The van der Waals surface area contributed by atoms with Gasteiger partial charge in [-0.25, -0.2) is 0 Å². The lowest BCUT2D eigenvalue weighted by atomic mass is 9.92. The van der Waals surface area contributed by atoms with Crippen LogP contribution in [0.3, 0.4) is 0 Å². The zero-order chi connectivity index (χ0) is 9.80. The van der Waals surface area contributed by atoms with Gasteiger partial charge >= 0.3 is 0 Å². The first-order chi connectivity index (χ1) is 6.88. The zero-order valence-corrected chi connectivity index (χ0v) is 8.48. The zero-order valence-electron chi connectivity index (χ0n) is 8.48. The highest BCUT2D eigenvalue weighted by atomic mass is 14.7. The summed E-state index contributed by atoms with van der Waals surface area (Å²) in [6.07, 6.45) is 7.25. The van der Waals surface area contributed by atoms with Crippen LogP contribution in [0.5, 0.6) is 0 Å². The van der Waals surface area contributed by atoms with E-state index in [4.69, 9.17) is 0 Å². The van der Waals surface area contributed by atoms with Gasteiger partial charge in [-0.05, 0) is 30.5 Å². The van der Waals surface area contributed by atoms with E-state index >= 15 is 0 Å². The van der Waals surface area contributed by atoms with E-state index in [1.165, 1.54) is 11.1 Å². The van der Waals surface area contributed by atoms with Crippen molar-refractivity contribution in [2.75, 3.05) is 6.54 Å². The Kier molecular flexibility index (Phi) is 2.78. The number of hydrogen-bond acceptors (Lipinski definition) is 1. The second-order valence-corrected chi connectivity index (χ2v) is 3.73. The van der Waals surface area contributed by atoms with Crippen LogP contribution >= 0.6 is 0 Å². The summed E-state index contributed by atoms with van der Waals surface area (Å²) < 4.78 is 0. The fourth-order valence-electron chi connectivity index (χ4n) is 1.90. The average Bonchev–Trinajstić information content (AvgIpc) is 2.47. The molecule has 0 fully saturated rings. The van der Waals surface area contributed by atoms with E-state index in [2.05, 4.69) is 42.3 Å². The van der Waals surface area contributed by atoms with Crippen LogP contribution in [0.15, 0.2) is 41.4 Å². The molecular formula is C13H15N. The van der Waals surface area contributed by atoms with E-state index < -0.39 is 0 Å². The number of nitrogens with zero attached hydrogens (tertiary/aromatic N) is 1. The number of benzene rings is 1. The van der Waals surface area contributed by atoms with E-state index in [1.54, 1.807) is 0 Å². The van der Waals surface area contributed by atoms with Gasteiger partial charge < -0.3 is 0 Å². The monoisotopic (exact) mass is 185 g/mol. The van der Waals surface area contributed by atoms with Crippen LogP contribution in [0.4, 0.5) is 0 Å². The van der Waals surface area contributed by atoms with E-state index in [9.17, 15) is 0 Å². The van der Waals surface area contributed by atoms with E-state index in [0.717, 1.165) is 13.0 Å². The molecule has 14 heavy (non-hydrogen) atoms. The normalized spacial score (nSPS) is 20.8. The fraction of sp³-hybridized carbons (Fsp3) is 0.308. The molecule has 0 bridgehead atoms. The van der Waals surface area contributed by atoms with Gasteiger partial charge in [-0.3, -0.25) is 4.99 Å². The van der Waals surface area contributed by atoms with Gasteiger partial charge in [0, 0.05) is 18.7 Å². The van der Waals surface area contributed by atoms with Crippen molar-refractivity contribution in [2.45, 2.75) is 19.3 Å². The molecule has 0 spiro atoms. The Balaban J connectivity index is 2.26. The predicted molar refractivity (Wildman–Crippen MR) is 61.0 cm³/mol. The largest absolute Gasteiger partial charge is 0.293 e. The first-order valence-electron chi connectivity index (χ1n) is 5.08. The van der Waals surface area contributed by atoms with E-state index in [0.29, 0.717) is 5.92 Å². The molecule has 1 heteroatoms. The van der Waals surface area contributed by atoms with Crippen molar-refractivity contribution in [1.29, 1.82) is 0 Å². The summed E-state index contributed by atoms with van der Waals surface area (Å²) in [5.74, 6) is 0.561. The summed E-state index contributed by atoms with van der Waals surface area (Å²) in [5, 5.41) is 0. The Labute approximate surface area is 85.2 Å². The Hall–Kier alpha value is -1.37. The molecule has 0 N–H and O–H groups in total. The molecule has 1 heterocycles. The molecule has 0 radical (unpaired) electrons. The predicted octanol–water partition coefficient (Wildman–Crippen LogP) is 3.11. The average molecular weight is 185 g/mol. The molecule has 0 saturated heterocycles. The molecule has 0 aliphatic carbocycles. The SMILES string of the molecule is Cc1ccccc1C1CC=CC=NC1. The van der Waals surface area contributed by atoms with Gasteiger partial charge in [0.15, 0.2) is 0 Å². The van der Waals surface area contributed by atoms with Crippen molar-refractivity contribution >= 4 is 6.21 Å². The lowest BCUT2D eigenvalue weighted by Gasteiger charge is -2.14. The second kappa shape index (κ2) is 4.23. The van der Waals surface area contributed by atoms with E-state index in [-0.39, 0.29) is 0 Å². The maximum Gasteiger partial charge on any atom is 0.0461 e. The van der Waals surface area contributed by atoms with Crippen molar-refractivity contribution in [1.82, 2.24) is 0 Å². The van der Waals surface area contributed by atoms with Crippen molar-refractivity contribution in [3.05, 3.63) is 47.5 Å². The summed E-state index contributed by atoms with van der Waals surface area (Å²) in [6.45, 7) is 3.09. The van der Waals surface area contributed by atoms with Crippen LogP contribution < -0.4 is 0 Å². The molecular weight excluding hydrogens is 170 g/mol. The third kappa shape index (κ3) is 1.92. The molecule has 2 rings (SSSR count). The molecule has 0 aromatic heterocycles. The van der Waals surface area contributed by atoms with E-state index in [1.807, 2.05) is 12.3 Å². The van der Waals surface area contributed by atoms with Crippen LogP contribution in [-0.2, 0) is 0 Å². The number of aliphatic imine (C=N–C) groups is 1. The lowest BCUT2D eigenvalue weighted by Crippen LogP contribution is -2.03. The third-order valence-electron chi connectivity index (χ3n) is 2.70. The fourth-order valence-corrected chi connectivity index (χ4v) is 1.90. The standard InChI is InChI=1S/C13H15N/c1-11-6-2-3-8-13(11)12-7-4-5-9-14-10-12/h2-6,8-9,12H,7,10H2,1H3. The highest BCUT2D eigenvalue weighted by Gasteiger charge is 2.11. The van der Waals surface area contributed by atoms with Gasteiger partial charge in [0.25, 0.3) is 0 Å². The molecule has 1 atom stereocenters. The molecule has 1 nitrogen and oxygen atoms in total. The van der Waals surface area contributed by atoms with Crippen molar-refractivity contribution < 1.29 is 0 Å². The molecule has 1 unspecified atom stereocenters. The summed E-state index contributed by atoms with van der Waals surface area (Å²) in [6, 6.07) is 8.59. The minimum Gasteiger partial charge on any atom is -0.293 e. The van der Waals surface area contributed by atoms with Crippen LogP contribution in [0, 0.1) is 6.92 Å². The molecule has 1 aliphatic heterocycles. The summed E-state index contributed by atoms with van der Waals surface area (Å²) >= 11 is 0. The Bertz CT molecular complexity index is 349. The number of hydrogen-bond donors (Lipinski definition) is 0. The smallest absolute Gasteiger partial charge is 0.0461 e. The van der Waals surface area contributed by atoms with Crippen molar-refractivity contribution in [2.24, 2.45) is 4.99 Å². The lowest BCUT2D eigenvalue weighted by molar-refractivity contribution is 0.713. The van der Waals surface area contributed by atoms with Gasteiger partial charge in [0.05, 0.1) is 0 Å². The minimum atomic E-state index is 0.561. The van der Waals surface area contributed by atoms with Gasteiger partial charge in [-0.2, -0.15) is 0 Å². The highest BCUT2D eigenvalue weighted by Crippen LogP contribution is 2.24. The van der Waals surface area contributed by atoms with Gasteiger partial charge in [-0.1, -0.05) is 30.3 Å². The number of rotatable bonds is 1. The first kappa shape index (κ1) is 9.20. The highest BCUT2D eigenvalue weighted by molar-refractivity contribution is 5.71. The third-order valence-corrected chi connectivity index (χ3v) is 2.70. The molecule has 1 aromatic rings. The minimum absolute atomic E-state index is 0.561. The summed E-state index contributed by atoms with van der Waals surface area (Å²) in [4.78, 5) is 4.36. The van der Waals surface area contributed by atoms with Crippen LogP contribution in [0.25, 0.3) is 0 Å². The van der Waals surface area contributed by atoms with Crippen LogP contribution in [0.1, 0.15) is 23.5 Å². The quantitative estimate of drug-likeness (QED) is 0.637. The molecule has 72 valence electrons. The Morgan fingerprint density at radius 1 is 1.29 bits per heavy atom. The van der Waals surface area contributed by atoms with Gasteiger partial charge in [0.1, 0.15) is 0 Å². The molecule has 0 amide bonds. The summed E-state index contributed by atoms with van der Waals surface area (Å²) in [7, 11) is 0. The first-order valence-corrected chi connectivity index (χ1v) is 5.08. The maximum atomic E-state index is 4.36. The molecule has 1 aromatic carbocycles. The topological polar surface area (TPSA) is 12.4 Å². The molecule has 0 saturated carbocycles. The number of allylic oxidation sites excluding steroid dienone is 2. The molecule has 1 aliphatic rings. The maximum absolute atomic E-state index is 4.36. The van der Waals surface area contributed by atoms with Crippen molar-refractivity contribution in [3.63, 3.8) is 0 Å². The van der Waals surface area contributed by atoms with Gasteiger partial charge in [-0.15, -0.1) is 0 Å². The summed E-state index contributed by atoms with van der Waals surface area (Å²) in [5.41, 5.74) is 2.82. The second-order valence-electron chi connectivity index (χ2n) is 3.73. The Morgan fingerprint density at radius 3 is 3.00 bits per heavy atom. The van der Waals surface area contributed by atoms with Crippen LogP contribution in [-0.4, -0.2) is 12.8 Å². The van der Waals surface area contributed by atoms with Crippen LogP contribution in [0.2, 0.25) is 0 Å². The van der Waals surface area contributed by atoms with Crippen molar-refractivity contribution in [3.8, 4) is 0 Å². The van der Waals surface area contributed by atoms with Gasteiger partial charge in [0.2, 0.25) is 0 Å².